The van der Waals surface area contributed by atoms with Crippen LogP contribution in [0.5, 0.6) is 0 Å². The molecule has 0 fully saturated rings. The van der Waals surface area contributed by atoms with Crippen molar-refractivity contribution in [1.82, 2.24) is 10.1 Å². The second kappa shape index (κ2) is 5.39. The Labute approximate surface area is 82.6 Å². The number of rotatable bonds is 5. The monoisotopic (exact) mass is 198 g/mol. The number of ether oxygens (including phenoxy) is 1. The molecule has 0 unspecified atom stereocenters. The van der Waals surface area contributed by atoms with Gasteiger partial charge in [-0.2, -0.15) is 0 Å². The van der Waals surface area contributed by atoms with Crippen molar-refractivity contribution in [3.05, 3.63) is 18.0 Å². The van der Waals surface area contributed by atoms with Gasteiger partial charge in [-0.05, 0) is 6.54 Å². The summed E-state index contributed by atoms with van der Waals surface area (Å²) in [6, 6.07) is 0. The van der Waals surface area contributed by atoms with Gasteiger partial charge in [-0.25, -0.2) is 0 Å². The smallest absolute Gasteiger partial charge is 0.319 e. The summed E-state index contributed by atoms with van der Waals surface area (Å²) in [6.07, 6.45) is 3.21. The normalized spacial score (nSPS) is 10.5. The van der Waals surface area contributed by atoms with E-state index in [2.05, 4.69) is 9.89 Å². The quantitative estimate of drug-likeness (QED) is 0.651. The molecule has 0 amide bonds. The Morgan fingerprint density at radius 3 is 3.00 bits per heavy atom. The Hall–Kier alpha value is -1.36. The summed E-state index contributed by atoms with van der Waals surface area (Å²) in [7, 11) is 1.38. The van der Waals surface area contributed by atoms with Crippen LogP contribution in [0.1, 0.15) is 12.5 Å². The number of carbonyl (C=O) groups excluding carboxylic acids is 1. The van der Waals surface area contributed by atoms with E-state index in [1.165, 1.54) is 7.11 Å². The van der Waals surface area contributed by atoms with Crippen molar-refractivity contribution in [2.75, 3.05) is 20.2 Å². The Balaban J connectivity index is 2.43. The minimum absolute atomic E-state index is 0.233. The lowest BCUT2D eigenvalue weighted by Crippen LogP contribution is -2.29. The van der Waals surface area contributed by atoms with Crippen LogP contribution in [0.15, 0.2) is 17.0 Å². The van der Waals surface area contributed by atoms with Crippen molar-refractivity contribution < 1.29 is 14.1 Å². The molecule has 1 aromatic heterocycles. The maximum Gasteiger partial charge on any atom is 0.319 e. The molecular weight excluding hydrogens is 184 g/mol. The van der Waals surface area contributed by atoms with E-state index in [0.29, 0.717) is 6.54 Å². The van der Waals surface area contributed by atoms with Gasteiger partial charge in [0.25, 0.3) is 0 Å². The predicted molar refractivity (Wildman–Crippen MR) is 49.5 cm³/mol. The zero-order valence-electron chi connectivity index (χ0n) is 8.40. The highest BCUT2D eigenvalue weighted by atomic mass is 16.5. The van der Waals surface area contributed by atoms with E-state index in [1.54, 1.807) is 12.5 Å². The average molecular weight is 198 g/mol. The molecule has 0 atom stereocenters. The summed E-state index contributed by atoms with van der Waals surface area (Å²) >= 11 is 0. The second-order valence-electron chi connectivity index (χ2n) is 2.91. The van der Waals surface area contributed by atoms with Crippen LogP contribution in [0.25, 0.3) is 0 Å². The molecule has 0 spiro atoms. The van der Waals surface area contributed by atoms with Gasteiger partial charge in [-0.3, -0.25) is 9.69 Å². The van der Waals surface area contributed by atoms with Crippen LogP contribution in [-0.2, 0) is 16.1 Å². The fourth-order valence-electron chi connectivity index (χ4n) is 1.09. The highest BCUT2D eigenvalue weighted by molar-refractivity contribution is 5.71. The standard InChI is InChI=1S/C9H14N2O3/c1-3-11(6-9(12)13-2)5-8-4-10-14-7-8/h4,7H,3,5-6H2,1-2H3. The van der Waals surface area contributed by atoms with Crippen molar-refractivity contribution in [3.63, 3.8) is 0 Å². The van der Waals surface area contributed by atoms with Gasteiger partial charge in [0.1, 0.15) is 6.26 Å². The number of esters is 1. The van der Waals surface area contributed by atoms with Crippen molar-refractivity contribution in [3.8, 4) is 0 Å². The van der Waals surface area contributed by atoms with Crippen molar-refractivity contribution >= 4 is 5.97 Å². The average Bonchev–Trinajstić information content (AvgIpc) is 2.69. The largest absolute Gasteiger partial charge is 0.468 e. The lowest BCUT2D eigenvalue weighted by Gasteiger charge is -2.17. The fourth-order valence-corrected chi connectivity index (χ4v) is 1.09. The van der Waals surface area contributed by atoms with Gasteiger partial charge in [-0.1, -0.05) is 12.1 Å². The number of aromatic nitrogens is 1. The minimum atomic E-state index is -0.233. The minimum Gasteiger partial charge on any atom is -0.468 e. The van der Waals surface area contributed by atoms with Gasteiger partial charge in [-0.15, -0.1) is 0 Å². The maximum atomic E-state index is 11.0. The second-order valence-corrected chi connectivity index (χ2v) is 2.91. The van der Waals surface area contributed by atoms with E-state index in [0.717, 1.165) is 12.1 Å². The number of carbonyl (C=O) groups is 1. The molecule has 78 valence electrons. The summed E-state index contributed by atoms with van der Waals surface area (Å²) < 4.78 is 9.28. The fraction of sp³-hybridized carbons (Fsp3) is 0.556. The van der Waals surface area contributed by atoms with E-state index < -0.39 is 0 Å². The first-order chi connectivity index (χ1) is 6.76. The van der Waals surface area contributed by atoms with Crippen LogP contribution in [-0.4, -0.2) is 36.2 Å². The van der Waals surface area contributed by atoms with Crippen LogP contribution in [0, 0.1) is 0 Å². The van der Waals surface area contributed by atoms with Crippen LogP contribution >= 0.6 is 0 Å². The zero-order chi connectivity index (χ0) is 10.4. The van der Waals surface area contributed by atoms with Crippen molar-refractivity contribution in [1.29, 1.82) is 0 Å². The maximum absolute atomic E-state index is 11.0. The van der Waals surface area contributed by atoms with Gasteiger partial charge in [0.15, 0.2) is 0 Å². The highest BCUT2D eigenvalue weighted by Crippen LogP contribution is 2.02. The van der Waals surface area contributed by atoms with Gasteiger partial charge in [0.05, 0.1) is 19.9 Å². The summed E-state index contributed by atoms with van der Waals surface area (Å²) in [5.41, 5.74) is 0.954. The molecule has 1 rings (SSSR count). The first-order valence-corrected chi connectivity index (χ1v) is 4.43. The summed E-state index contributed by atoms with van der Waals surface area (Å²) in [4.78, 5) is 12.9. The van der Waals surface area contributed by atoms with E-state index in [-0.39, 0.29) is 12.5 Å². The van der Waals surface area contributed by atoms with Gasteiger partial charge in [0, 0.05) is 12.1 Å². The van der Waals surface area contributed by atoms with E-state index >= 15 is 0 Å². The van der Waals surface area contributed by atoms with E-state index in [4.69, 9.17) is 4.52 Å². The highest BCUT2D eigenvalue weighted by Gasteiger charge is 2.10. The first kappa shape index (κ1) is 10.7. The van der Waals surface area contributed by atoms with Gasteiger partial charge >= 0.3 is 5.97 Å². The van der Waals surface area contributed by atoms with Crippen LogP contribution in [0.2, 0.25) is 0 Å². The Morgan fingerprint density at radius 1 is 1.71 bits per heavy atom. The third-order valence-corrected chi connectivity index (χ3v) is 1.92. The molecule has 14 heavy (non-hydrogen) atoms. The molecule has 0 radical (unpaired) electrons. The molecule has 1 aromatic rings. The molecule has 0 N–H and O–H groups in total. The van der Waals surface area contributed by atoms with E-state index in [1.807, 2.05) is 11.8 Å². The molecule has 0 aliphatic rings. The van der Waals surface area contributed by atoms with E-state index in [9.17, 15) is 4.79 Å². The summed E-state index contributed by atoms with van der Waals surface area (Å²) in [5.74, 6) is -0.233. The van der Waals surface area contributed by atoms with Crippen LogP contribution < -0.4 is 0 Å². The molecule has 5 heteroatoms. The van der Waals surface area contributed by atoms with Gasteiger partial charge < -0.3 is 9.26 Å². The lowest BCUT2D eigenvalue weighted by molar-refractivity contribution is -0.142. The third kappa shape index (κ3) is 3.18. The van der Waals surface area contributed by atoms with Gasteiger partial charge in [0.2, 0.25) is 0 Å². The molecule has 0 bridgehead atoms. The van der Waals surface area contributed by atoms with Crippen molar-refractivity contribution in [2.45, 2.75) is 13.5 Å². The number of hydrogen-bond donors (Lipinski definition) is 0. The number of hydrogen-bond acceptors (Lipinski definition) is 5. The molecule has 0 saturated carbocycles. The Morgan fingerprint density at radius 2 is 2.50 bits per heavy atom. The molecular formula is C9H14N2O3. The number of nitrogens with zero attached hydrogens (tertiary/aromatic N) is 2. The Bertz CT molecular complexity index is 272. The summed E-state index contributed by atoms with van der Waals surface area (Å²) in [6.45, 7) is 3.70. The topological polar surface area (TPSA) is 55.6 Å². The van der Waals surface area contributed by atoms with Crippen molar-refractivity contribution in [2.24, 2.45) is 0 Å². The van der Waals surface area contributed by atoms with Crippen LogP contribution in [0.4, 0.5) is 0 Å². The number of methoxy groups -OCH3 is 1. The lowest BCUT2D eigenvalue weighted by atomic mass is 10.3. The first-order valence-electron chi connectivity index (χ1n) is 4.43. The predicted octanol–water partition coefficient (Wildman–Crippen LogP) is 0.669. The molecule has 0 aliphatic heterocycles. The molecule has 1 heterocycles. The molecule has 0 saturated heterocycles. The third-order valence-electron chi connectivity index (χ3n) is 1.92. The molecule has 0 aromatic carbocycles. The molecule has 5 nitrogen and oxygen atoms in total. The summed E-state index contributed by atoms with van der Waals surface area (Å²) in [5, 5.41) is 3.59. The number of likely N-dealkylation sites (N-methyl/N-ethyl adjacent to an activating group) is 1. The zero-order valence-corrected chi connectivity index (χ0v) is 8.40. The Kier molecular flexibility index (Phi) is 4.12. The van der Waals surface area contributed by atoms with Crippen LogP contribution in [0.3, 0.4) is 0 Å². The SMILES string of the molecule is CCN(CC(=O)OC)Cc1cnoc1. The molecule has 0 aliphatic carbocycles.